The van der Waals surface area contributed by atoms with Crippen LogP contribution in [0.3, 0.4) is 0 Å². The summed E-state index contributed by atoms with van der Waals surface area (Å²) < 4.78 is 38.2. The molecule has 1 aromatic carbocycles. The first-order valence-electron chi connectivity index (χ1n) is 5.56. The molecule has 0 fully saturated rings. The van der Waals surface area contributed by atoms with Crippen molar-refractivity contribution in [3.8, 4) is 0 Å². The lowest BCUT2D eigenvalue weighted by Crippen LogP contribution is -2.34. The maximum Gasteiger partial charge on any atom is 0.257 e. The van der Waals surface area contributed by atoms with Crippen LogP contribution in [0.15, 0.2) is 16.6 Å². The number of benzene rings is 1. The highest BCUT2D eigenvalue weighted by molar-refractivity contribution is 9.10. The van der Waals surface area contributed by atoms with Gasteiger partial charge in [0.15, 0.2) is 0 Å². The maximum atomic E-state index is 13.5. The van der Waals surface area contributed by atoms with Gasteiger partial charge >= 0.3 is 0 Å². The molecule has 0 aliphatic heterocycles. The van der Waals surface area contributed by atoms with E-state index in [0.717, 1.165) is 12.1 Å². The van der Waals surface area contributed by atoms with Crippen LogP contribution in [-0.2, 0) is 10.8 Å². The smallest absolute Gasteiger partial charge is 0.257 e. The van der Waals surface area contributed by atoms with Gasteiger partial charge in [0.05, 0.1) is 0 Å². The lowest BCUT2D eigenvalue weighted by Gasteiger charge is -2.14. The largest absolute Gasteiger partial charge is 0.349 e. The Kier molecular flexibility index (Phi) is 6.06. The molecule has 106 valence electrons. The Morgan fingerprint density at radius 2 is 1.95 bits per heavy atom. The summed E-state index contributed by atoms with van der Waals surface area (Å²) in [6, 6.07) is 1.76. The Bertz CT molecular complexity index is 487. The van der Waals surface area contributed by atoms with E-state index in [4.69, 9.17) is 0 Å². The minimum Gasteiger partial charge on any atom is -0.349 e. The molecule has 3 nitrogen and oxygen atoms in total. The van der Waals surface area contributed by atoms with Crippen LogP contribution in [0.2, 0.25) is 0 Å². The van der Waals surface area contributed by atoms with Gasteiger partial charge in [0.25, 0.3) is 5.91 Å². The first kappa shape index (κ1) is 16.2. The van der Waals surface area contributed by atoms with Gasteiger partial charge in [-0.1, -0.05) is 15.9 Å². The van der Waals surface area contributed by atoms with Gasteiger partial charge in [-0.25, -0.2) is 8.78 Å². The fourth-order valence-corrected chi connectivity index (χ4v) is 2.56. The number of carbonyl (C=O) groups is 1. The zero-order valence-corrected chi connectivity index (χ0v) is 12.9. The Hall–Kier alpha value is -0.820. The molecule has 0 saturated carbocycles. The van der Waals surface area contributed by atoms with Crippen LogP contribution >= 0.6 is 15.9 Å². The normalized spacial score (nSPS) is 13.9. The fourth-order valence-electron chi connectivity index (χ4n) is 1.47. The average molecular weight is 354 g/mol. The van der Waals surface area contributed by atoms with Gasteiger partial charge in [-0.2, -0.15) is 0 Å². The molecule has 0 spiro atoms. The van der Waals surface area contributed by atoms with Gasteiger partial charge < -0.3 is 5.32 Å². The van der Waals surface area contributed by atoms with E-state index in [-0.39, 0.29) is 10.5 Å². The summed E-state index contributed by atoms with van der Waals surface area (Å²) in [4.78, 5) is 11.8. The second-order valence-electron chi connectivity index (χ2n) is 4.18. The predicted molar refractivity (Wildman–Crippen MR) is 74.5 cm³/mol. The van der Waals surface area contributed by atoms with Crippen LogP contribution in [0, 0.1) is 11.6 Å². The van der Waals surface area contributed by atoms with E-state index in [2.05, 4.69) is 21.2 Å². The molecule has 1 aromatic rings. The Balaban J connectivity index is 2.76. The van der Waals surface area contributed by atoms with Crippen LogP contribution in [0.4, 0.5) is 8.78 Å². The molecule has 0 aliphatic carbocycles. The molecule has 0 bridgehead atoms. The van der Waals surface area contributed by atoms with Gasteiger partial charge in [0, 0.05) is 33.3 Å². The van der Waals surface area contributed by atoms with E-state index in [1.54, 1.807) is 13.2 Å². The van der Waals surface area contributed by atoms with Crippen molar-refractivity contribution in [2.75, 3.05) is 12.0 Å². The van der Waals surface area contributed by atoms with Crippen molar-refractivity contribution in [3.05, 3.63) is 33.8 Å². The van der Waals surface area contributed by atoms with Gasteiger partial charge in [-0.15, -0.1) is 0 Å². The van der Waals surface area contributed by atoms with Crippen molar-refractivity contribution >= 4 is 32.6 Å². The van der Waals surface area contributed by atoms with Gasteiger partial charge in [-0.05, 0) is 25.5 Å². The molecular formula is C12H14BrF2NO2S. The number of hydrogen-bond donors (Lipinski definition) is 1. The van der Waals surface area contributed by atoms with Gasteiger partial charge in [-0.3, -0.25) is 9.00 Å². The van der Waals surface area contributed by atoms with Crippen LogP contribution in [0.5, 0.6) is 0 Å². The van der Waals surface area contributed by atoms with E-state index < -0.39 is 33.9 Å². The zero-order valence-electron chi connectivity index (χ0n) is 10.5. The van der Waals surface area contributed by atoms with Crippen LogP contribution in [0.1, 0.15) is 23.7 Å². The van der Waals surface area contributed by atoms with Gasteiger partial charge in [0.2, 0.25) is 0 Å². The Morgan fingerprint density at radius 3 is 2.42 bits per heavy atom. The molecule has 0 radical (unpaired) electrons. The first-order chi connectivity index (χ1) is 8.81. The van der Waals surface area contributed by atoms with Gasteiger partial charge in [0.1, 0.15) is 17.2 Å². The summed E-state index contributed by atoms with van der Waals surface area (Å²) in [6.07, 6.45) is 2.04. The van der Waals surface area contributed by atoms with Crippen molar-refractivity contribution in [2.24, 2.45) is 0 Å². The molecule has 1 N–H and O–H groups in total. The summed E-state index contributed by atoms with van der Waals surface area (Å²) >= 11 is 2.94. The monoisotopic (exact) mass is 353 g/mol. The zero-order chi connectivity index (χ0) is 14.6. The molecule has 19 heavy (non-hydrogen) atoms. The van der Waals surface area contributed by atoms with Crippen molar-refractivity contribution in [3.63, 3.8) is 0 Å². The highest BCUT2D eigenvalue weighted by Crippen LogP contribution is 2.19. The van der Waals surface area contributed by atoms with E-state index in [1.807, 2.05) is 0 Å². The number of amides is 1. The van der Waals surface area contributed by atoms with E-state index in [1.165, 1.54) is 0 Å². The quantitative estimate of drug-likeness (QED) is 0.884. The minimum atomic E-state index is -0.963. The second-order valence-corrected chi connectivity index (χ2v) is 6.66. The number of carbonyl (C=O) groups excluding carboxylic acids is 1. The molecule has 1 rings (SSSR count). The highest BCUT2D eigenvalue weighted by atomic mass is 79.9. The van der Waals surface area contributed by atoms with Crippen LogP contribution in [0.25, 0.3) is 0 Å². The third-order valence-electron chi connectivity index (χ3n) is 2.45. The fraction of sp³-hybridized carbons (Fsp3) is 0.417. The third kappa shape index (κ3) is 4.99. The van der Waals surface area contributed by atoms with Crippen LogP contribution in [-0.4, -0.2) is 28.2 Å². The molecule has 2 unspecified atom stereocenters. The molecule has 0 heterocycles. The molecule has 0 saturated heterocycles. The lowest BCUT2D eigenvalue weighted by molar-refractivity contribution is 0.0931. The van der Waals surface area contributed by atoms with E-state index in [9.17, 15) is 17.8 Å². The Labute approximate surface area is 121 Å². The molecular weight excluding hydrogens is 340 g/mol. The van der Waals surface area contributed by atoms with Crippen molar-refractivity contribution in [1.82, 2.24) is 5.32 Å². The minimum absolute atomic E-state index is 0.230. The number of hydrogen-bond acceptors (Lipinski definition) is 2. The molecule has 0 aliphatic rings. The van der Waals surface area contributed by atoms with E-state index in [0.29, 0.717) is 12.2 Å². The predicted octanol–water partition coefficient (Wildman–Crippen LogP) is 2.61. The summed E-state index contributed by atoms with van der Waals surface area (Å²) in [7, 11) is -0.963. The summed E-state index contributed by atoms with van der Waals surface area (Å²) in [5.41, 5.74) is -0.604. The molecule has 0 aromatic heterocycles. The number of nitrogens with one attached hydrogen (secondary N) is 1. The molecule has 1 amide bonds. The van der Waals surface area contributed by atoms with Crippen molar-refractivity contribution < 1.29 is 17.8 Å². The van der Waals surface area contributed by atoms with E-state index >= 15 is 0 Å². The Morgan fingerprint density at radius 1 is 1.42 bits per heavy atom. The topological polar surface area (TPSA) is 46.2 Å². The summed E-state index contributed by atoms with van der Waals surface area (Å²) in [5, 5.41) is 2.48. The van der Waals surface area contributed by atoms with Crippen molar-refractivity contribution in [1.29, 1.82) is 0 Å². The number of rotatable bonds is 5. The average Bonchev–Trinajstić information content (AvgIpc) is 2.24. The maximum absolute atomic E-state index is 13.5. The lowest BCUT2D eigenvalue weighted by atomic mass is 10.1. The summed E-state index contributed by atoms with van der Waals surface area (Å²) in [6.45, 7) is 1.69. The van der Waals surface area contributed by atoms with Crippen LogP contribution < -0.4 is 5.32 Å². The SMILES string of the molecule is CC(CCS(C)=O)NC(=O)c1c(F)cc(Br)cc1F. The molecule has 7 heteroatoms. The second kappa shape index (κ2) is 7.09. The third-order valence-corrected chi connectivity index (χ3v) is 3.72. The first-order valence-corrected chi connectivity index (χ1v) is 8.08. The summed E-state index contributed by atoms with van der Waals surface area (Å²) in [5.74, 6) is -2.23. The highest BCUT2D eigenvalue weighted by Gasteiger charge is 2.19. The van der Waals surface area contributed by atoms with Crippen molar-refractivity contribution in [2.45, 2.75) is 19.4 Å². The standard InChI is InChI=1S/C12H14BrF2NO2S/c1-7(3-4-19(2)18)16-12(17)11-9(14)5-8(13)6-10(11)15/h5-7H,3-4H2,1-2H3,(H,16,17). The molecule has 2 atom stereocenters. The number of halogens is 3.